The molecule has 0 N–H and O–H groups in total. The summed E-state index contributed by atoms with van der Waals surface area (Å²) in [5, 5.41) is 0.987. The molecule has 0 amide bonds. The first-order valence-corrected chi connectivity index (χ1v) is 7.33. The molecule has 0 spiro atoms. The van der Waals surface area contributed by atoms with Crippen LogP contribution in [0, 0.1) is 0 Å². The second-order valence-corrected chi connectivity index (χ2v) is 5.98. The molecule has 0 unspecified atom stereocenters. The molecular formula is C10H20S2. The number of hydrogen-bond acceptors (Lipinski definition) is 2. The van der Waals surface area contributed by atoms with Gasteiger partial charge in [-0.2, -0.15) is 23.5 Å². The van der Waals surface area contributed by atoms with Crippen molar-refractivity contribution in [1.29, 1.82) is 0 Å². The lowest BCUT2D eigenvalue weighted by atomic mass is 10.1. The smallest absolute Gasteiger partial charge is 0.0138 e. The van der Waals surface area contributed by atoms with Crippen molar-refractivity contribution in [3.8, 4) is 0 Å². The fourth-order valence-electron chi connectivity index (χ4n) is 1.50. The second-order valence-electron chi connectivity index (χ2n) is 3.42. The Morgan fingerprint density at radius 2 is 2.08 bits per heavy atom. The maximum atomic E-state index is 2.28. The van der Waals surface area contributed by atoms with Crippen molar-refractivity contribution >= 4 is 23.5 Å². The number of hydrogen-bond donors (Lipinski definition) is 0. The molecule has 72 valence electrons. The summed E-state index contributed by atoms with van der Waals surface area (Å²) in [6.45, 7) is 2.28. The molecule has 1 aliphatic heterocycles. The molecule has 0 aromatic heterocycles. The van der Waals surface area contributed by atoms with Gasteiger partial charge >= 0.3 is 0 Å². The lowest BCUT2D eigenvalue weighted by Gasteiger charge is -2.20. The van der Waals surface area contributed by atoms with Crippen LogP contribution in [0.5, 0.6) is 0 Å². The first-order valence-electron chi connectivity index (χ1n) is 5.13. The highest BCUT2D eigenvalue weighted by atomic mass is 32.2. The van der Waals surface area contributed by atoms with Gasteiger partial charge < -0.3 is 0 Å². The predicted octanol–water partition coefficient (Wildman–Crippen LogP) is 3.81. The SMILES string of the molecule is CCCCCC[C@H]1CSCCS1. The van der Waals surface area contributed by atoms with E-state index in [1.807, 2.05) is 0 Å². The average Bonchev–Trinajstić information content (AvgIpc) is 2.14. The molecule has 0 aromatic rings. The van der Waals surface area contributed by atoms with Gasteiger partial charge in [0.15, 0.2) is 0 Å². The summed E-state index contributed by atoms with van der Waals surface area (Å²) < 4.78 is 0. The van der Waals surface area contributed by atoms with Gasteiger partial charge in [-0.15, -0.1) is 0 Å². The monoisotopic (exact) mass is 204 g/mol. The second kappa shape index (κ2) is 7.14. The van der Waals surface area contributed by atoms with E-state index in [-0.39, 0.29) is 0 Å². The van der Waals surface area contributed by atoms with Crippen molar-refractivity contribution in [2.75, 3.05) is 17.3 Å². The summed E-state index contributed by atoms with van der Waals surface area (Å²) in [4.78, 5) is 0. The minimum Gasteiger partial charge on any atom is -0.160 e. The number of thioether (sulfide) groups is 2. The molecule has 1 heterocycles. The minimum atomic E-state index is 0.987. The molecule has 0 radical (unpaired) electrons. The average molecular weight is 204 g/mol. The maximum Gasteiger partial charge on any atom is 0.0138 e. The largest absolute Gasteiger partial charge is 0.160 e. The molecule has 1 atom stereocenters. The highest BCUT2D eigenvalue weighted by molar-refractivity contribution is 8.06. The summed E-state index contributed by atoms with van der Waals surface area (Å²) in [6, 6.07) is 0. The molecule has 1 saturated heterocycles. The summed E-state index contributed by atoms with van der Waals surface area (Å²) in [5.74, 6) is 4.19. The van der Waals surface area contributed by atoms with Crippen molar-refractivity contribution in [2.24, 2.45) is 0 Å². The van der Waals surface area contributed by atoms with E-state index in [2.05, 4.69) is 30.4 Å². The van der Waals surface area contributed by atoms with E-state index in [4.69, 9.17) is 0 Å². The lowest BCUT2D eigenvalue weighted by molar-refractivity contribution is 0.632. The molecule has 0 saturated carbocycles. The Balaban J connectivity index is 1.91. The van der Waals surface area contributed by atoms with Crippen LogP contribution in [-0.2, 0) is 0 Å². The van der Waals surface area contributed by atoms with Gasteiger partial charge in [-0.05, 0) is 6.42 Å². The topological polar surface area (TPSA) is 0 Å². The van der Waals surface area contributed by atoms with Crippen molar-refractivity contribution in [3.05, 3.63) is 0 Å². The van der Waals surface area contributed by atoms with Gasteiger partial charge in [0.05, 0.1) is 0 Å². The third-order valence-corrected chi connectivity index (χ3v) is 5.18. The fourth-order valence-corrected chi connectivity index (χ4v) is 4.29. The Morgan fingerprint density at radius 1 is 1.17 bits per heavy atom. The van der Waals surface area contributed by atoms with Crippen LogP contribution in [0.15, 0.2) is 0 Å². The first kappa shape index (κ1) is 10.8. The zero-order valence-corrected chi connectivity index (χ0v) is 9.68. The Morgan fingerprint density at radius 3 is 2.75 bits per heavy atom. The van der Waals surface area contributed by atoms with E-state index in [1.54, 1.807) is 0 Å². The molecule has 0 bridgehead atoms. The Bertz CT molecular complexity index is 98.0. The lowest BCUT2D eigenvalue weighted by Crippen LogP contribution is -2.13. The van der Waals surface area contributed by atoms with Crippen molar-refractivity contribution in [1.82, 2.24) is 0 Å². The van der Waals surface area contributed by atoms with Crippen LogP contribution in [0.4, 0.5) is 0 Å². The van der Waals surface area contributed by atoms with Gasteiger partial charge in [-0.3, -0.25) is 0 Å². The summed E-state index contributed by atoms with van der Waals surface area (Å²) in [6.07, 6.45) is 7.19. The number of rotatable bonds is 5. The van der Waals surface area contributed by atoms with Gasteiger partial charge in [0.1, 0.15) is 0 Å². The fraction of sp³-hybridized carbons (Fsp3) is 1.00. The first-order chi connectivity index (χ1) is 5.93. The zero-order chi connectivity index (χ0) is 8.65. The molecule has 1 fully saturated rings. The molecule has 12 heavy (non-hydrogen) atoms. The van der Waals surface area contributed by atoms with Crippen molar-refractivity contribution in [3.63, 3.8) is 0 Å². The van der Waals surface area contributed by atoms with Gasteiger partial charge in [0.25, 0.3) is 0 Å². The van der Waals surface area contributed by atoms with Gasteiger partial charge in [-0.1, -0.05) is 32.6 Å². The molecule has 0 nitrogen and oxygen atoms in total. The molecule has 0 aromatic carbocycles. The molecular weight excluding hydrogens is 184 g/mol. The van der Waals surface area contributed by atoms with Crippen LogP contribution < -0.4 is 0 Å². The van der Waals surface area contributed by atoms with E-state index in [0.29, 0.717) is 0 Å². The summed E-state index contributed by atoms with van der Waals surface area (Å²) in [5.41, 5.74) is 0. The van der Waals surface area contributed by atoms with Crippen LogP contribution in [0.25, 0.3) is 0 Å². The molecule has 0 aliphatic carbocycles. The molecule has 1 rings (SSSR count). The van der Waals surface area contributed by atoms with E-state index in [9.17, 15) is 0 Å². The third kappa shape index (κ3) is 4.66. The van der Waals surface area contributed by atoms with Gasteiger partial charge in [-0.25, -0.2) is 0 Å². The summed E-state index contributed by atoms with van der Waals surface area (Å²) in [7, 11) is 0. The predicted molar refractivity (Wildman–Crippen MR) is 62.3 cm³/mol. The van der Waals surface area contributed by atoms with Crippen LogP contribution in [-0.4, -0.2) is 22.5 Å². The van der Waals surface area contributed by atoms with E-state index in [0.717, 1.165) is 5.25 Å². The van der Waals surface area contributed by atoms with E-state index >= 15 is 0 Å². The normalized spacial score (nSPS) is 24.2. The van der Waals surface area contributed by atoms with Crippen LogP contribution >= 0.6 is 23.5 Å². The van der Waals surface area contributed by atoms with Crippen LogP contribution in [0.1, 0.15) is 39.0 Å². The van der Waals surface area contributed by atoms with Crippen LogP contribution in [0.3, 0.4) is 0 Å². The van der Waals surface area contributed by atoms with E-state index < -0.39 is 0 Å². The Hall–Kier alpha value is 0.700. The zero-order valence-electron chi connectivity index (χ0n) is 8.05. The highest BCUT2D eigenvalue weighted by Gasteiger charge is 2.12. The molecule has 1 aliphatic rings. The van der Waals surface area contributed by atoms with Crippen molar-refractivity contribution < 1.29 is 0 Å². The van der Waals surface area contributed by atoms with E-state index in [1.165, 1.54) is 49.4 Å². The van der Waals surface area contributed by atoms with Crippen LogP contribution in [0.2, 0.25) is 0 Å². The van der Waals surface area contributed by atoms with Crippen molar-refractivity contribution in [2.45, 2.75) is 44.3 Å². The highest BCUT2D eigenvalue weighted by Crippen LogP contribution is 2.27. The number of unbranched alkanes of at least 4 members (excludes halogenated alkanes) is 3. The molecule has 2 heteroatoms. The minimum absolute atomic E-state index is 0.987. The Labute approximate surface area is 85.3 Å². The summed E-state index contributed by atoms with van der Waals surface area (Å²) >= 11 is 4.35. The standard InChI is InChI=1S/C10H20S2/c1-2-3-4-5-6-10-9-11-7-8-12-10/h10H,2-9H2,1H3/t10-/m0/s1. The quantitative estimate of drug-likeness (QED) is 0.625. The third-order valence-electron chi connectivity index (χ3n) is 2.26. The Kier molecular flexibility index (Phi) is 6.41. The maximum absolute atomic E-state index is 2.28. The van der Waals surface area contributed by atoms with Gasteiger partial charge in [0, 0.05) is 22.5 Å². The van der Waals surface area contributed by atoms with Gasteiger partial charge in [0.2, 0.25) is 0 Å².